The van der Waals surface area contributed by atoms with E-state index >= 15 is 0 Å². The van der Waals surface area contributed by atoms with Crippen LogP contribution in [0.2, 0.25) is 0 Å². The van der Waals surface area contributed by atoms with Crippen molar-refractivity contribution in [3.05, 3.63) is 41.6 Å². The summed E-state index contributed by atoms with van der Waals surface area (Å²) in [5.41, 5.74) is 2.25. The van der Waals surface area contributed by atoms with Crippen LogP contribution in [0.5, 0.6) is 0 Å². The number of hydrogen-bond donors (Lipinski definition) is 1. The van der Waals surface area contributed by atoms with Crippen LogP contribution in [0.1, 0.15) is 51.4 Å². The maximum Gasteiger partial charge on any atom is 0.165 e. The lowest BCUT2D eigenvalue weighted by Crippen LogP contribution is -2.35. The molecule has 0 unspecified atom stereocenters. The third kappa shape index (κ3) is 3.84. The van der Waals surface area contributed by atoms with E-state index in [4.69, 9.17) is 0 Å². The van der Waals surface area contributed by atoms with E-state index in [0.717, 1.165) is 25.2 Å². The monoisotopic (exact) mass is 345 g/mol. The van der Waals surface area contributed by atoms with Crippen LogP contribution < -0.4 is 10.2 Å². The number of pyridine rings is 1. The fraction of sp³-hybridized carbons (Fsp3) is 0.579. The van der Waals surface area contributed by atoms with Crippen molar-refractivity contribution in [1.82, 2.24) is 20.1 Å². The van der Waals surface area contributed by atoms with E-state index in [0.29, 0.717) is 11.9 Å². The van der Waals surface area contributed by atoms with Crippen LogP contribution in [0.15, 0.2) is 24.5 Å². The zero-order valence-electron chi connectivity index (χ0n) is 15.8. The van der Waals surface area contributed by atoms with Crippen molar-refractivity contribution in [3.63, 3.8) is 0 Å². The number of aromatic nitrogens is 3. The van der Waals surface area contributed by atoms with Gasteiger partial charge in [-0.05, 0) is 53.2 Å². The standard InChI is InChI=1S/C19H28FN5/c1-13(16-12-25(19(3,4)5)23-14(16)2)22-15-8-10-24(11-15)18-17(20)7-6-9-21-18/h6-7,9,12-13,15,22H,8,10-11H2,1-5H3/t13-,15+/m1/s1. The molecule has 0 spiro atoms. The minimum atomic E-state index is -0.251. The van der Waals surface area contributed by atoms with E-state index in [-0.39, 0.29) is 17.4 Å². The molecule has 2 atom stereocenters. The second kappa shape index (κ2) is 6.75. The number of halogens is 1. The summed E-state index contributed by atoms with van der Waals surface area (Å²) in [6.45, 7) is 12.3. The summed E-state index contributed by atoms with van der Waals surface area (Å²) in [6, 6.07) is 3.61. The van der Waals surface area contributed by atoms with Crippen LogP contribution in [0.3, 0.4) is 0 Å². The zero-order chi connectivity index (χ0) is 18.2. The van der Waals surface area contributed by atoms with Gasteiger partial charge in [0.1, 0.15) is 0 Å². The maximum atomic E-state index is 13.9. The Morgan fingerprint density at radius 1 is 1.36 bits per heavy atom. The Morgan fingerprint density at radius 3 is 2.76 bits per heavy atom. The highest BCUT2D eigenvalue weighted by Gasteiger charge is 2.27. The van der Waals surface area contributed by atoms with Crippen molar-refractivity contribution >= 4 is 5.82 Å². The summed E-state index contributed by atoms with van der Waals surface area (Å²) in [7, 11) is 0. The van der Waals surface area contributed by atoms with E-state index in [9.17, 15) is 4.39 Å². The summed E-state index contributed by atoms with van der Waals surface area (Å²) in [5.74, 6) is 0.203. The molecule has 0 aromatic carbocycles. The number of nitrogens with one attached hydrogen (secondary N) is 1. The van der Waals surface area contributed by atoms with Gasteiger partial charge in [-0.15, -0.1) is 0 Å². The van der Waals surface area contributed by atoms with Crippen LogP contribution in [0.4, 0.5) is 10.2 Å². The molecule has 1 fully saturated rings. The van der Waals surface area contributed by atoms with E-state index in [1.165, 1.54) is 11.6 Å². The molecule has 2 aromatic heterocycles. The van der Waals surface area contributed by atoms with Crippen molar-refractivity contribution in [1.29, 1.82) is 0 Å². The summed E-state index contributed by atoms with van der Waals surface area (Å²) >= 11 is 0. The first-order valence-electron chi connectivity index (χ1n) is 8.94. The molecule has 3 heterocycles. The third-order valence-electron chi connectivity index (χ3n) is 4.80. The van der Waals surface area contributed by atoms with Crippen molar-refractivity contribution in [3.8, 4) is 0 Å². The molecule has 0 bridgehead atoms. The van der Waals surface area contributed by atoms with E-state index < -0.39 is 0 Å². The smallest absolute Gasteiger partial charge is 0.165 e. The molecule has 1 N–H and O–H groups in total. The van der Waals surface area contributed by atoms with Crippen molar-refractivity contribution in [2.24, 2.45) is 0 Å². The van der Waals surface area contributed by atoms with Gasteiger partial charge in [-0.25, -0.2) is 9.37 Å². The molecule has 2 aromatic rings. The molecule has 0 saturated carbocycles. The summed E-state index contributed by atoms with van der Waals surface area (Å²) in [5, 5.41) is 8.33. The molecule has 25 heavy (non-hydrogen) atoms. The van der Waals surface area contributed by atoms with Gasteiger partial charge in [-0.2, -0.15) is 5.10 Å². The van der Waals surface area contributed by atoms with Crippen molar-refractivity contribution < 1.29 is 4.39 Å². The minimum Gasteiger partial charge on any atom is -0.353 e. The van der Waals surface area contributed by atoms with Crippen molar-refractivity contribution in [2.45, 2.75) is 58.7 Å². The molecule has 0 aliphatic carbocycles. The number of nitrogens with zero attached hydrogens (tertiary/aromatic N) is 4. The quantitative estimate of drug-likeness (QED) is 0.922. The predicted molar refractivity (Wildman–Crippen MR) is 98.3 cm³/mol. The van der Waals surface area contributed by atoms with Gasteiger partial charge in [0.15, 0.2) is 11.6 Å². The SMILES string of the molecule is Cc1nn(C(C)(C)C)cc1[C@@H](C)N[C@H]1CCN(c2ncccc2F)C1. The van der Waals surface area contributed by atoms with Gasteiger partial charge in [-0.3, -0.25) is 4.68 Å². The first-order valence-corrected chi connectivity index (χ1v) is 8.94. The van der Waals surface area contributed by atoms with E-state index in [1.807, 2.05) is 9.58 Å². The molecule has 0 radical (unpaired) electrons. The van der Waals surface area contributed by atoms with Crippen LogP contribution in [-0.4, -0.2) is 33.9 Å². The van der Waals surface area contributed by atoms with Crippen LogP contribution in [0, 0.1) is 12.7 Å². The van der Waals surface area contributed by atoms with Gasteiger partial charge >= 0.3 is 0 Å². The highest BCUT2D eigenvalue weighted by atomic mass is 19.1. The highest BCUT2D eigenvalue weighted by Crippen LogP contribution is 2.25. The Labute approximate surface area is 149 Å². The van der Waals surface area contributed by atoms with Crippen LogP contribution in [0.25, 0.3) is 0 Å². The molecule has 5 nitrogen and oxygen atoms in total. The normalized spacial score (nSPS) is 19.4. The first-order chi connectivity index (χ1) is 11.8. The largest absolute Gasteiger partial charge is 0.353 e. The fourth-order valence-electron chi connectivity index (χ4n) is 3.38. The molecule has 1 aliphatic heterocycles. The fourth-order valence-corrected chi connectivity index (χ4v) is 3.38. The van der Waals surface area contributed by atoms with Gasteiger partial charge in [0.2, 0.25) is 0 Å². The molecule has 1 saturated heterocycles. The van der Waals surface area contributed by atoms with Gasteiger partial charge in [-0.1, -0.05) is 0 Å². The average Bonchev–Trinajstić information content (AvgIpc) is 3.14. The summed E-state index contributed by atoms with van der Waals surface area (Å²) < 4.78 is 16.0. The third-order valence-corrected chi connectivity index (χ3v) is 4.80. The number of anilines is 1. The first kappa shape index (κ1) is 17.9. The lowest BCUT2D eigenvalue weighted by atomic mass is 10.1. The number of hydrogen-bond acceptors (Lipinski definition) is 4. The Balaban J connectivity index is 1.66. The predicted octanol–water partition coefficient (Wildman–Crippen LogP) is 3.41. The Bertz CT molecular complexity index is 734. The minimum absolute atomic E-state index is 0.0244. The highest BCUT2D eigenvalue weighted by molar-refractivity contribution is 5.41. The Kier molecular flexibility index (Phi) is 4.82. The Morgan fingerprint density at radius 2 is 2.12 bits per heavy atom. The van der Waals surface area contributed by atoms with E-state index in [1.54, 1.807) is 12.3 Å². The van der Waals surface area contributed by atoms with Gasteiger partial charge in [0.25, 0.3) is 0 Å². The second-order valence-corrected chi connectivity index (χ2v) is 7.91. The number of aryl methyl sites for hydroxylation is 1. The summed E-state index contributed by atoms with van der Waals surface area (Å²) in [4.78, 5) is 6.21. The molecule has 3 rings (SSSR count). The van der Waals surface area contributed by atoms with Crippen LogP contribution >= 0.6 is 0 Å². The lowest BCUT2D eigenvalue weighted by Gasteiger charge is -2.21. The number of rotatable bonds is 4. The second-order valence-electron chi connectivity index (χ2n) is 7.91. The van der Waals surface area contributed by atoms with E-state index in [2.05, 4.69) is 56.2 Å². The lowest BCUT2D eigenvalue weighted by molar-refractivity contribution is 0.353. The van der Waals surface area contributed by atoms with Crippen molar-refractivity contribution in [2.75, 3.05) is 18.0 Å². The topological polar surface area (TPSA) is 46.0 Å². The molecule has 136 valence electrons. The zero-order valence-corrected chi connectivity index (χ0v) is 15.8. The van der Waals surface area contributed by atoms with Gasteiger partial charge in [0.05, 0.1) is 11.2 Å². The summed E-state index contributed by atoms with van der Waals surface area (Å²) in [6.07, 6.45) is 4.76. The molecule has 0 amide bonds. The Hall–Kier alpha value is -1.95. The molecule has 6 heteroatoms. The van der Waals surface area contributed by atoms with Gasteiger partial charge in [0, 0.05) is 43.1 Å². The average molecular weight is 345 g/mol. The van der Waals surface area contributed by atoms with Gasteiger partial charge < -0.3 is 10.2 Å². The molecule has 1 aliphatic rings. The maximum absolute atomic E-state index is 13.9. The molecular weight excluding hydrogens is 317 g/mol. The molecular formula is C19H28FN5. The van der Waals surface area contributed by atoms with Crippen LogP contribution in [-0.2, 0) is 5.54 Å².